The van der Waals surface area contributed by atoms with Crippen molar-refractivity contribution in [2.75, 3.05) is 0 Å². The van der Waals surface area contributed by atoms with Gasteiger partial charge >= 0.3 is 0 Å². The molecule has 0 bridgehead atoms. The summed E-state index contributed by atoms with van der Waals surface area (Å²) in [5.41, 5.74) is 1.53. The van der Waals surface area contributed by atoms with Crippen molar-refractivity contribution < 1.29 is 0 Å². The first kappa shape index (κ1) is 13.4. The van der Waals surface area contributed by atoms with Gasteiger partial charge < -0.3 is 5.32 Å². The molecule has 0 aromatic carbocycles. The molecule has 1 aliphatic rings. The van der Waals surface area contributed by atoms with Gasteiger partial charge in [0.15, 0.2) is 0 Å². The zero-order chi connectivity index (χ0) is 12.5. The van der Waals surface area contributed by atoms with Crippen LogP contribution < -0.4 is 5.32 Å². The fraction of sp³-hybridized carbons (Fsp3) is 0.385. The van der Waals surface area contributed by atoms with E-state index in [1.807, 2.05) is 17.4 Å². The van der Waals surface area contributed by atoms with Crippen molar-refractivity contribution in [1.82, 2.24) is 5.32 Å². The summed E-state index contributed by atoms with van der Waals surface area (Å²) < 4.78 is 2.28. The van der Waals surface area contributed by atoms with E-state index in [1.54, 1.807) is 16.2 Å². The van der Waals surface area contributed by atoms with Crippen LogP contribution in [0.2, 0.25) is 4.34 Å². The molecule has 0 saturated heterocycles. The van der Waals surface area contributed by atoms with Gasteiger partial charge in [-0.15, -0.1) is 22.7 Å². The van der Waals surface area contributed by atoms with Crippen LogP contribution in [0.1, 0.15) is 34.2 Å². The Morgan fingerprint density at radius 1 is 1.39 bits per heavy atom. The van der Waals surface area contributed by atoms with Crippen molar-refractivity contribution in [3.8, 4) is 0 Å². The predicted molar refractivity (Wildman–Crippen MR) is 88.9 cm³/mol. The number of aryl methyl sites for hydroxylation is 1. The molecule has 1 N–H and O–H groups in total. The molecule has 1 nitrogen and oxygen atoms in total. The summed E-state index contributed by atoms with van der Waals surface area (Å²) in [6, 6.07) is 6.96. The van der Waals surface area contributed by atoms with Gasteiger partial charge in [0.2, 0.25) is 0 Å². The molecule has 2 aromatic heterocycles. The van der Waals surface area contributed by atoms with Crippen LogP contribution in [-0.2, 0) is 13.0 Å². The molecule has 96 valence electrons. The highest BCUT2D eigenvalue weighted by Gasteiger charge is 2.22. The van der Waals surface area contributed by atoms with Crippen molar-refractivity contribution in [3.63, 3.8) is 0 Å². The number of nitrogens with one attached hydrogen (secondary N) is 1. The summed E-state index contributed by atoms with van der Waals surface area (Å²) in [5, 5.41) is 3.68. The molecule has 5 heteroatoms. The van der Waals surface area contributed by atoms with Gasteiger partial charge in [-0.05, 0) is 65.6 Å². The van der Waals surface area contributed by atoms with E-state index in [0.29, 0.717) is 6.04 Å². The molecular weight excluding hydrogens is 397 g/mol. The number of halogens is 2. The molecule has 2 heterocycles. The average Bonchev–Trinajstić information content (AvgIpc) is 2.91. The Morgan fingerprint density at radius 2 is 2.28 bits per heavy atom. The van der Waals surface area contributed by atoms with E-state index in [0.717, 1.165) is 10.9 Å². The van der Waals surface area contributed by atoms with Gasteiger partial charge in [0.05, 0.1) is 7.22 Å². The molecule has 0 amide bonds. The highest BCUT2D eigenvalue weighted by molar-refractivity contribution is 14.1. The molecule has 0 radical (unpaired) electrons. The summed E-state index contributed by atoms with van der Waals surface area (Å²) in [4.78, 5) is 2.89. The SMILES string of the molecule is Clc1ccc(CNC2CCCc3sc(I)cc32)s1. The second kappa shape index (κ2) is 5.79. The van der Waals surface area contributed by atoms with Gasteiger partial charge in [-0.3, -0.25) is 0 Å². The van der Waals surface area contributed by atoms with Gasteiger partial charge in [-0.25, -0.2) is 0 Å². The van der Waals surface area contributed by atoms with Crippen LogP contribution in [-0.4, -0.2) is 0 Å². The quantitative estimate of drug-likeness (QED) is 0.684. The third kappa shape index (κ3) is 2.93. The fourth-order valence-electron chi connectivity index (χ4n) is 2.40. The zero-order valence-electron chi connectivity index (χ0n) is 9.71. The topological polar surface area (TPSA) is 12.0 Å². The number of thiophene rings is 2. The highest BCUT2D eigenvalue weighted by atomic mass is 127. The van der Waals surface area contributed by atoms with Gasteiger partial charge in [0, 0.05) is 22.3 Å². The van der Waals surface area contributed by atoms with Gasteiger partial charge in [0.1, 0.15) is 0 Å². The Labute approximate surface area is 134 Å². The Kier molecular flexibility index (Phi) is 4.30. The lowest BCUT2D eigenvalue weighted by Gasteiger charge is -2.23. The standard InChI is InChI=1S/C13H13ClINS2/c14-12-5-4-8(17-12)7-16-10-2-1-3-11-9(10)6-13(15)18-11/h4-6,10,16H,1-3,7H2. The molecule has 0 fully saturated rings. The molecule has 1 aliphatic carbocycles. The Hall–Kier alpha value is 0.380. The minimum Gasteiger partial charge on any atom is -0.305 e. The van der Waals surface area contributed by atoms with Crippen LogP contribution in [0.15, 0.2) is 18.2 Å². The summed E-state index contributed by atoms with van der Waals surface area (Å²) in [5.74, 6) is 0. The summed E-state index contributed by atoms with van der Waals surface area (Å²) in [6.45, 7) is 0.925. The van der Waals surface area contributed by atoms with E-state index >= 15 is 0 Å². The van der Waals surface area contributed by atoms with Crippen molar-refractivity contribution >= 4 is 56.9 Å². The van der Waals surface area contributed by atoms with E-state index in [9.17, 15) is 0 Å². The number of hydrogen-bond donors (Lipinski definition) is 1. The van der Waals surface area contributed by atoms with Crippen LogP contribution in [0, 0.1) is 2.88 Å². The smallest absolute Gasteiger partial charge is 0.0931 e. The lowest BCUT2D eigenvalue weighted by molar-refractivity contribution is 0.465. The molecule has 2 aromatic rings. The molecular formula is C13H13ClINS2. The summed E-state index contributed by atoms with van der Waals surface area (Å²) in [7, 11) is 0. The maximum absolute atomic E-state index is 5.96. The minimum absolute atomic E-state index is 0.523. The first-order chi connectivity index (χ1) is 8.72. The number of hydrogen-bond acceptors (Lipinski definition) is 3. The summed E-state index contributed by atoms with van der Waals surface area (Å²) >= 11 is 12.0. The lowest BCUT2D eigenvalue weighted by Crippen LogP contribution is -2.23. The normalized spacial score (nSPS) is 18.9. The molecule has 1 atom stereocenters. The van der Waals surface area contributed by atoms with Crippen LogP contribution >= 0.6 is 56.9 Å². The van der Waals surface area contributed by atoms with Crippen molar-refractivity contribution in [2.45, 2.75) is 31.8 Å². The second-order valence-corrected chi connectivity index (χ2v) is 9.29. The van der Waals surface area contributed by atoms with Crippen LogP contribution in [0.5, 0.6) is 0 Å². The Morgan fingerprint density at radius 3 is 3.06 bits per heavy atom. The maximum atomic E-state index is 5.96. The first-order valence-electron chi connectivity index (χ1n) is 5.98. The maximum Gasteiger partial charge on any atom is 0.0931 e. The van der Waals surface area contributed by atoms with Crippen molar-refractivity contribution in [2.24, 2.45) is 0 Å². The van der Waals surface area contributed by atoms with Gasteiger partial charge in [0.25, 0.3) is 0 Å². The number of rotatable bonds is 3. The van der Waals surface area contributed by atoms with Crippen LogP contribution in [0.3, 0.4) is 0 Å². The van der Waals surface area contributed by atoms with Gasteiger partial charge in [-0.1, -0.05) is 11.6 Å². The van der Waals surface area contributed by atoms with E-state index in [2.05, 4.69) is 40.0 Å². The van der Waals surface area contributed by atoms with Crippen molar-refractivity contribution in [1.29, 1.82) is 0 Å². The lowest BCUT2D eigenvalue weighted by atomic mass is 9.94. The van der Waals surface area contributed by atoms with E-state index in [1.165, 1.54) is 32.6 Å². The monoisotopic (exact) mass is 409 g/mol. The molecule has 3 rings (SSSR count). The Bertz CT molecular complexity index is 549. The minimum atomic E-state index is 0.523. The fourth-order valence-corrected chi connectivity index (χ4v) is 5.56. The average molecular weight is 410 g/mol. The van der Waals surface area contributed by atoms with Crippen LogP contribution in [0.4, 0.5) is 0 Å². The van der Waals surface area contributed by atoms with Gasteiger partial charge in [-0.2, -0.15) is 0 Å². The largest absolute Gasteiger partial charge is 0.305 e. The molecule has 0 aliphatic heterocycles. The zero-order valence-corrected chi connectivity index (χ0v) is 14.3. The number of fused-ring (bicyclic) bond motifs is 1. The highest BCUT2D eigenvalue weighted by Crippen LogP contribution is 2.36. The first-order valence-corrected chi connectivity index (χ1v) is 9.07. The molecule has 1 unspecified atom stereocenters. The third-order valence-electron chi connectivity index (χ3n) is 3.24. The molecule has 18 heavy (non-hydrogen) atoms. The summed E-state index contributed by atoms with van der Waals surface area (Å²) in [6.07, 6.45) is 3.80. The predicted octanol–water partition coefficient (Wildman–Crippen LogP) is 5.23. The van der Waals surface area contributed by atoms with Crippen molar-refractivity contribution in [3.05, 3.63) is 40.7 Å². The molecule has 0 saturated carbocycles. The third-order valence-corrected chi connectivity index (χ3v) is 6.44. The second-order valence-electron chi connectivity index (χ2n) is 4.46. The van der Waals surface area contributed by atoms with E-state index in [4.69, 9.17) is 11.6 Å². The Balaban J connectivity index is 1.70. The molecule has 0 spiro atoms. The van der Waals surface area contributed by atoms with Crippen LogP contribution in [0.25, 0.3) is 0 Å². The van der Waals surface area contributed by atoms with E-state index < -0.39 is 0 Å². The van der Waals surface area contributed by atoms with E-state index in [-0.39, 0.29) is 0 Å².